The van der Waals surface area contributed by atoms with Gasteiger partial charge in [0.15, 0.2) is 11.6 Å². The summed E-state index contributed by atoms with van der Waals surface area (Å²) in [6.07, 6.45) is 6.74. The molecule has 3 aromatic heterocycles. The minimum absolute atomic E-state index is 0.0265. The number of hydrogen-bond donors (Lipinski definition) is 1. The topological polar surface area (TPSA) is 93.2 Å². The molecule has 1 saturated carbocycles. The van der Waals surface area contributed by atoms with Crippen LogP contribution in [0.15, 0.2) is 42.6 Å². The Hall–Kier alpha value is -3.89. The molecule has 11 heteroatoms. The van der Waals surface area contributed by atoms with E-state index in [1.165, 1.54) is 16.9 Å². The third-order valence-corrected chi connectivity index (χ3v) is 7.49. The number of tetrazole rings is 1. The van der Waals surface area contributed by atoms with Gasteiger partial charge >= 0.3 is 0 Å². The molecule has 1 atom stereocenters. The molecule has 2 aliphatic rings. The van der Waals surface area contributed by atoms with Crippen molar-refractivity contribution in [1.82, 2.24) is 35.1 Å². The summed E-state index contributed by atoms with van der Waals surface area (Å²) in [5.74, 6) is 0.128. The molecule has 0 spiro atoms. The van der Waals surface area contributed by atoms with Gasteiger partial charge in [-0.2, -0.15) is 4.80 Å². The summed E-state index contributed by atoms with van der Waals surface area (Å²) in [6, 6.07) is 8.97. The second kappa shape index (κ2) is 9.53. The Balaban J connectivity index is 1.26. The summed E-state index contributed by atoms with van der Waals surface area (Å²) in [7, 11) is 1.76. The Morgan fingerprint density at radius 1 is 1.03 bits per heavy atom. The van der Waals surface area contributed by atoms with Crippen LogP contribution in [0.3, 0.4) is 0 Å². The Morgan fingerprint density at radius 2 is 1.81 bits per heavy atom. The van der Waals surface area contributed by atoms with Gasteiger partial charge in [-0.3, -0.25) is 4.79 Å². The summed E-state index contributed by atoms with van der Waals surface area (Å²) in [5.41, 5.74) is 1.74. The summed E-state index contributed by atoms with van der Waals surface area (Å²) >= 11 is 0. The largest absolute Gasteiger partial charge is 0.349 e. The highest BCUT2D eigenvalue weighted by molar-refractivity contribution is 6.06. The van der Waals surface area contributed by atoms with Gasteiger partial charge in [0.2, 0.25) is 0 Å². The van der Waals surface area contributed by atoms with Crippen molar-refractivity contribution in [2.45, 2.75) is 56.5 Å². The fraction of sp³-hybridized carbons (Fsp3) is 0.423. The fourth-order valence-electron chi connectivity index (χ4n) is 5.76. The van der Waals surface area contributed by atoms with Crippen molar-refractivity contribution >= 4 is 17.2 Å². The van der Waals surface area contributed by atoms with E-state index in [1.54, 1.807) is 11.6 Å². The van der Waals surface area contributed by atoms with Gasteiger partial charge < -0.3 is 10.2 Å². The van der Waals surface area contributed by atoms with Gasteiger partial charge in [0.05, 0.1) is 18.6 Å². The molecule has 2 fully saturated rings. The first-order valence-electron chi connectivity index (χ1n) is 12.7. The lowest BCUT2D eigenvalue weighted by Crippen LogP contribution is -2.38. The number of rotatable bonds is 5. The first-order chi connectivity index (χ1) is 18.0. The molecule has 0 radical (unpaired) electrons. The smallest absolute Gasteiger partial charge is 0.257 e. The lowest BCUT2D eigenvalue weighted by atomic mass is 9.85. The summed E-state index contributed by atoms with van der Waals surface area (Å²) in [6.45, 7) is 0.642. The molecule has 1 aromatic carbocycles. The number of carbonyl (C=O) groups is 1. The Kier molecular flexibility index (Phi) is 6.05. The van der Waals surface area contributed by atoms with E-state index in [0.717, 1.165) is 50.4 Å². The molecule has 1 N–H and O–H groups in total. The van der Waals surface area contributed by atoms with E-state index in [2.05, 4.69) is 20.7 Å². The van der Waals surface area contributed by atoms with Crippen LogP contribution in [0.25, 0.3) is 5.52 Å². The Morgan fingerprint density at radius 3 is 2.54 bits per heavy atom. The molecule has 37 heavy (non-hydrogen) atoms. The number of aryl methyl sites for hydroxylation is 1. The van der Waals surface area contributed by atoms with Crippen LogP contribution in [-0.2, 0) is 7.05 Å². The molecule has 4 heterocycles. The third-order valence-electron chi connectivity index (χ3n) is 7.49. The van der Waals surface area contributed by atoms with E-state index < -0.39 is 11.6 Å². The molecule has 4 aromatic rings. The van der Waals surface area contributed by atoms with Crippen molar-refractivity contribution in [2.24, 2.45) is 7.05 Å². The average Bonchev–Trinajstić information content (AvgIpc) is 3.61. The van der Waals surface area contributed by atoms with E-state index in [4.69, 9.17) is 5.10 Å². The first kappa shape index (κ1) is 23.5. The van der Waals surface area contributed by atoms with Crippen molar-refractivity contribution in [3.63, 3.8) is 0 Å². The number of hydrogen-bond acceptors (Lipinski definition) is 6. The van der Waals surface area contributed by atoms with E-state index in [0.29, 0.717) is 29.0 Å². The highest BCUT2D eigenvalue weighted by Gasteiger charge is 2.34. The SMILES string of the molecule is Cn1nnc(C2CCC(NC(=O)c3c(N4CCC[C@@H]4c4cc(F)cc(F)c4)nn4ccccc34)CC2)n1. The summed E-state index contributed by atoms with van der Waals surface area (Å²) in [4.78, 5) is 17.2. The maximum atomic E-state index is 14.0. The number of fused-ring (bicyclic) bond motifs is 1. The molecule has 0 unspecified atom stereocenters. The maximum absolute atomic E-state index is 14.0. The van der Waals surface area contributed by atoms with E-state index >= 15 is 0 Å². The van der Waals surface area contributed by atoms with E-state index in [-0.39, 0.29) is 23.9 Å². The number of benzene rings is 1. The molecule has 1 amide bonds. The van der Waals surface area contributed by atoms with Crippen molar-refractivity contribution in [1.29, 1.82) is 0 Å². The second-order valence-electron chi connectivity index (χ2n) is 9.94. The van der Waals surface area contributed by atoms with Crippen LogP contribution in [0.1, 0.15) is 72.2 Å². The van der Waals surface area contributed by atoms with Crippen molar-refractivity contribution < 1.29 is 13.6 Å². The van der Waals surface area contributed by atoms with Gasteiger partial charge in [0.25, 0.3) is 5.91 Å². The zero-order valence-corrected chi connectivity index (χ0v) is 20.5. The number of anilines is 1. The molecular formula is C26H28F2N8O. The average molecular weight is 507 g/mol. The normalized spacial score (nSPS) is 22.0. The Labute approximate surface area is 212 Å². The Bertz CT molecular complexity index is 1420. The van der Waals surface area contributed by atoms with Crippen molar-refractivity contribution in [2.75, 3.05) is 11.4 Å². The van der Waals surface area contributed by atoms with Gasteiger partial charge in [-0.05, 0) is 73.6 Å². The maximum Gasteiger partial charge on any atom is 0.257 e. The standard InChI is InChI=1S/C26H28F2N8O/c1-34-31-24(30-33-34)16-7-9-20(10-8-16)29-26(37)23-22-5-2-3-12-36(22)32-25(23)35-11-4-6-21(35)17-13-18(27)15-19(28)14-17/h2-3,5,12-16,20-21H,4,6-11H2,1H3,(H,29,37)/t16?,20?,21-/m1/s1. The van der Waals surface area contributed by atoms with Crippen molar-refractivity contribution in [3.8, 4) is 0 Å². The number of nitrogens with zero attached hydrogens (tertiary/aromatic N) is 7. The molecule has 1 aliphatic heterocycles. The first-order valence-corrected chi connectivity index (χ1v) is 12.7. The van der Waals surface area contributed by atoms with Crippen LogP contribution in [-0.4, -0.2) is 48.3 Å². The highest BCUT2D eigenvalue weighted by Crippen LogP contribution is 2.39. The monoisotopic (exact) mass is 506 g/mol. The number of nitrogens with one attached hydrogen (secondary N) is 1. The van der Waals surface area contributed by atoms with Crippen LogP contribution in [0.5, 0.6) is 0 Å². The summed E-state index contributed by atoms with van der Waals surface area (Å²) < 4.78 is 29.8. The molecule has 9 nitrogen and oxygen atoms in total. The lowest BCUT2D eigenvalue weighted by molar-refractivity contribution is 0.0927. The van der Waals surface area contributed by atoms with Gasteiger partial charge in [-0.15, -0.1) is 15.3 Å². The van der Waals surface area contributed by atoms with Crippen LogP contribution < -0.4 is 10.2 Å². The molecule has 0 bridgehead atoms. The number of pyridine rings is 1. The number of aromatic nitrogens is 6. The molecular weight excluding hydrogens is 478 g/mol. The zero-order valence-electron chi connectivity index (χ0n) is 20.5. The third kappa shape index (κ3) is 4.54. The number of carbonyl (C=O) groups excluding carboxylic acids is 1. The van der Waals surface area contributed by atoms with E-state index in [1.807, 2.05) is 29.3 Å². The van der Waals surface area contributed by atoms with Crippen LogP contribution in [0, 0.1) is 11.6 Å². The molecule has 1 aliphatic carbocycles. The quantitative estimate of drug-likeness (QED) is 0.441. The predicted molar refractivity (Wildman–Crippen MR) is 132 cm³/mol. The summed E-state index contributed by atoms with van der Waals surface area (Å²) in [5, 5.41) is 20.4. The van der Waals surface area contributed by atoms with Crippen LogP contribution in [0.2, 0.25) is 0 Å². The van der Waals surface area contributed by atoms with Gasteiger partial charge in [-0.1, -0.05) is 6.07 Å². The fourth-order valence-corrected chi connectivity index (χ4v) is 5.76. The number of halogens is 2. The minimum Gasteiger partial charge on any atom is -0.349 e. The van der Waals surface area contributed by atoms with Crippen LogP contribution >= 0.6 is 0 Å². The molecule has 6 rings (SSSR count). The predicted octanol–water partition coefficient (Wildman–Crippen LogP) is 3.93. The minimum atomic E-state index is -0.609. The second-order valence-corrected chi connectivity index (χ2v) is 9.94. The van der Waals surface area contributed by atoms with Gasteiger partial charge in [-0.25, -0.2) is 13.3 Å². The van der Waals surface area contributed by atoms with Crippen molar-refractivity contribution in [3.05, 3.63) is 71.2 Å². The number of amides is 1. The van der Waals surface area contributed by atoms with Crippen LogP contribution in [0.4, 0.5) is 14.6 Å². The molecule has 192 valence electrons. The highest BCUT2D eigenvalue weighted by atomic mass is 19.1. The molecule has 1 saturated heterocycles. The van der Waals surface area contributed by atoms with Gasteiger partial charge in [0.1, 0.15) is 17.2 Å². The van der Waals surface area contributed by atoms with Gasteiger partial charge in [0, 0.05) is 30.8 Å². The zero-order chi connectivity index (χ0) is 25.5. The van der Waals surface area contributed by atoms with E-state index in [9.17, 15) is 13.6 Å². The lowest BCUT2D eigenvalue weighted by Gasteiger charge is -2.28.